The van der Waals surface area contributed by atoms with Crippen molar-refractivity contribution in [2.75, 3.05) is 24.5 Å². The van der Waals surface area contributed by atoms with Gasteiger partial charge in [0.2, 0.25) is 0 Å². The first-order valence-corrected chi connectivity index (χ1v) is 12.9. The van der Waals surface area contributed by atoms with Crippen LogP contribution in [-0.4, -0.2) is 30.5 Å². The van der Waals surface area contributed by atoms with Crippen molar-refractivity contribution < 1.29 is 9.69 Å². The topological polar surface area (TPSA) is 37.6 Å². The van der Waals surface area contributed by atoms with Crippen LogP contribution in [0.3, 0.4) is 0 Å². The van der Waals surface area contributed by atoms with Crippen molar-refractivity contribution in [1.29, 1.82) is 0 Å². The highest BCUT2D eigenvalue weighted by molar-refractivity contribution is 7.19. The van der Waals surface area contributed by atoms with Crippen LogP contribution in [0.4, 0.5) is 5.13 Å². The Kier molecular flexibility index (Phi) is 7.13. The lowest BCUT2D eigenvalue weighted by molar-refractivity contribution is -0.896. The summed E-state index contributed by atoms with van der Waals surface area (Å²) in [6, 6.07) is 30.9. The SMILES string of the molecule is O=C(C[NH+]1CCCCC1)N(Cc1ccccc1)c1nc(-c2ccccc2)c(-c2ccccc2)s1. The molecule has 0 radical (unpaired) electrons. The number of likely N-dealkylation sites (tertiary alicyclic amines) is 1. The standard InChI is InChI=1S/C29H29N3OS/c33-26(22-31-19-11-4-12-20-31)32(21-23-13-5-1-6-14-23)29-30-27(24-15-7-2-8-16-24)28(34-29)25-17-9-3-10-18-25/h1-3,5-10,13-18H,4,11-12,19-22H2/p+1. The highest BCUT2D eigenvalue weighted by atomic mass is 32.1. The van der Waals surface area contributed by atoms with Gasteiger partial charge >= 0.3 is 0 Å². The number of hydrogen-bond donors (Lipinski definition) is 1. The maximum Gasteiger partial charge on any atom is 0.284 e. The van der Waals surface area contributed by atoms with Crippen LogP contribution in [0.15, 0.2) is 91.0 Å². The van der Waals surface area contributed by atoms with Crippen LogP contribution in [0.2, 0.25) is 0 Å². The highest BCUT2D eigenvalue weighted by Gasteiger charge is 2.27. The summed E-state index contributed by atoms with van der Waals surface area (Å²) in [5, 5.41) is 0.767. The molecule has 0 aliphatic carbocycles. The number of thiazole rings is 1. The lowest BCUT2D eigenvalue weighted by atomic mass is 10.1. The summed E-state index contributed by atoms with van der Waals surface area (Å²) < 4.78 is 0. The van der Waals surface area contributed by atoms with Gasteiger partial charge in [0.1, 0.15) is 0 Å². The number of aromatic nitrogens is 1. The molecule has 1 aliphatic rings. The first-order chi connectivity index (χ1) is 16.8. The van der Waals surface area contributed by atoms with Crippen LogP contribution in [-0.2, 0) is 11.3 Å². The van der Waals surface area contributed by atoms with Gasteiger partial charge in [-0.25, -0.2) is 4.98 Å². The van der Waals surface area contributed by atoms with Gasteiger partial charge in [-0.3, -0.25) is 9.69 Å². The third kappa shape index (κ3) is 5.27. The third-order valence-corrected chi connectivity index (χ3v) is 7.50. The number of rotatable bonds is 7. The van der Waals surface area contributed by atoms with Gasteiger partial charge in [0.15, 0.2) is 11.7 Å². The summed E-state index contributed by atoms with van der Waals surface area (Å²) in [6.07, 6.45) is 3.68. The third-order valence-electron chi connectivity index (χ3n) is 6.38. The van der Waals surface area contributed by atoms with E-state index in [1.165, 1.54) is 24.2 Å². The summed E-state index contributed by atoms with van der Waals surface area (Å²) in [5.41, 5.74) is 4.24. The van der Waals surface area contributed by atoms with Crippen molar-refractivity contribution in [2.45, 2.75) is 25.8 Å². The first kappa shape index (κ1) is 22.5. The predicted octanol–water partition coefficient (Wildman–Crippen LogP) is 5.08. The first-order valence-electron chi connectivity index (χ1n) is 12.1. The van der Waals surface area contributed by atoms with E-state index in [2.05, 4.69) is 48.5 Å². The fourth-order valence-corrected chi connectivity index (χ4v) is 5.68. The molecule has 1 amide bonds. The molecule has 34 heavy (non-hydrogen) atoms. The normalized spacial score (nSPS) is 14.1. The largest absolute Gasteiger partial charge is 0.327 e. The lowest BCUT2D eigenvalue weighted by Gasteiger charge is -2.26. The second-order valence-corrected chi connectivity index (χ2v) is 9.84. The number of anilines is 1. The summed E-state index contributed by atoms with van der Waals surface area (Å²) >= 11 is 1.61. The number of hydrogen-bond acceptors (Lipinski definition) is 3. The van der Waals surface area contributed by atoms with Gasteiger partial charge in [-0.15, -0.1) is 0 Å². The molecule has 0 unspecified atom stereocenters. The molecule has 0 spiro atoms. The van der Waals surface area contributed by atoms with Gasteiger partial charge in [-0.2, -0.15) is 0 Å². The quantitative estimate of drug-likeness (QED) is 0.411. The minimum atomic E-state index is 0.147. The van der Waals surface area contributed by atoms with E-state index in [1.807, 2.05) is 47.4 Å². The molecule has 1 aliphatic heterocycles. The van der Waals surface area contributed by atoms with Gasteiger partial charge in [0.05, 0.1) is 30.2 Å². The van der Waals surface area contributed by atoms with Crippen molar-refractivity contribution in [2.24, 2.45) is 0 Å². The zero-order chi connectivity index (χ0) is 23.2. The zero-order valence-electron chi connectivity index (χ0n) is 19.3. The van der Waals surface area contributed by atoms with Crippen LogP contribution in [0.1, 0.15) is 24.8 Å². The Labute approximate surface area is 205 Å². The second kappa shape index (κ2) is 10.8. The van der Waals surface area contributed by atoms with Crippen LogP contribution >= 0.6 is 11.3 Å². The van der Waals surface area contributed by atoms with E-state index in [-0.39, 0.29) is 5.91 Å². The number of nitrogens with zero attached hydrogens (tertiary/aromatic N) is 2. The average molecular weight is 469 g/mol. The fraction of sp³-hybridized carbons (Fsp3) is 0.241. The van der Waals surface area contributed by atoms with Crippen LogP contribution in [0.25, 0.3) is 21.7 Å². The molecule has 1 N–H and O–H groups in total. The molecule has 0 saturated carbocycles. The lowest BCUT2D eigenvalue weighted by Crippen LogP contribution is -3.13. The Balaban J connectivity index is 1.54. The molecule has 4 nitrogen and oxygen atoms in total. The Bertz CT molecular complexity index is 1150. The van der Waals surface area contributed by atoms with Crippen molar-refractivity contribution in [3.05, 3.63) is 96.6 Å². The van der Waals surface area contributed by atoms with E-state index in [0.29, 0.717) is 13.1 Å². The number of amides is 1. The van der Waals surface area contributed by atoms with Crippen molar-refractivity contribution in [1.82, 2.24) is 4.98 Å². The smallest absolute Gasteiger partial charge is 0.284 e. The van der Waals surface area contributed by atoms with Gasteiger partial charge in [0, 0.05) is 5.56 Å². The van der Waals surface area contributed by atoms with Crippen LogP contribution < -0.4 is 9.80 Å². The zero-order valence-corrected chi connectivity index (χ0v) is 20.1. The Hall–Kier alpha value is -3.28. The fourth-order valence-electron chi connectivity index (χ4n) is 4.57. The molecule has 2 heterocycles. The second-order valence-electron chi connectivity index (χ2n) is 8.86. The van der Waals surface area contributed by atoms with E-state index < -0.39 is 0 Å². The molecule has 0 atom stereocenters. The molecule has 1 saturated heterocycles. The maximum atomic E-state index is 13.7. The molecule has 1 fully saturated rings. The Morgan fingerprint density at radius 3 is 2.03 bits per heavy atom. The molecule has 172 valence electrons. The highest BCUT2D eigenvalue weighted by Crippen LogP contribution is 2.40. The minimum absolute atomic E-state index is 0.147. The number of carbonyl (C=O) groups is 1. The Morgan fingerprint density at radius 1 is 0.794 bits per heavy atom. The summed E-state index contributed by atoms with van der Waals surface area (Å²) in [7, 11) is 0. The molecule has 4 aromatic rings. The van der Waals surface area contributed by atoms with E-state index in [4.69, 9.17) is 4.98 Å². The van der Waals surface area contributed by atoms with Gasteiger partial charge in [0.25, 0.3) is 5.91 Å². The van der Waals surface area contributed by atoms with Crippen molar-refractivity contribution in [3.63, 3.8) is 0 Å². The number of carbonyl (C=O) groups excluding carboxylic acids is 1. The van der Waals surface area contributed by atoms with Crippen molar-refractivity contribution >= 4 is 22.4 Å². The molecular weight excluding hydrogens is 438 g/mol. The number of nitrogens with one attached hydrogen (secondary N) is 1. The van der Waals surface area contributed by atoms with E-state index in [9.17, 15) is 4.79 Å². The average Bonchev–Trinajstić information content (AvgIpc) is 3.35. The summed E-state index contributed by atoms with van der Waals surface area (Å²) in [4.78, 5) is 23.1. The molecule has 3 aromatic carbocycles. The van der Waals surface area contributed by atoms with Crippen molar-refractivity contribution in [3.8, 4) is 21.7 Å². The maximum absolute atomic E-state index is 13.7. The van der Waals surface area contributed by atoms with Gasteiger partial charge in [-0.05, 0) is 30.4 Å². The van der Waals surface area contributed by atoms with E-state index in [0.717, 1.165) is 45.5 Å². The monoisotopic (exact) mass is 468 g/mol. The molecule has 0 bridgehead atoms. The molecule has 5 rings (SSSR count). The molecular formula is C29H30N3OS+. The molecule has 1 aromatic heterocycles. The summed E-state index contributed by atoms with van der Waals surface area (Å²) in [5.74, 6) is 0.147. The van der Waals surface area contributed by atoms with E-state index >= 15 is 0 Å². The number of quaternary nitrogens is 1. The minimum Gasteiger partial charge on any atom is -0.327 e. The van der Waals surface area contributed by atoms with Gasteiger partial charge < -0.3 is 4.90 Å². The number of benzene rings is 3. The van der Waals surface area contributed by atoms with Crippen LogP contribution in [0.5, 0.6) is 0 Å². The predicted molar refractivity (Wildman–Crippen MR) is 140 cm³/mol. The number of piperidine rings is 1. The van der Waals surface area contributed by atoms with Gasteiger partial charge in [-0.1, -0.05) is 102 Å². The Morgan fingerprint density at radius 2 is 1.38 bits per heavy atom. The van der Waals surface area contributed by atoms with E-state index in [1.54, 1.807) is 11.3 Å². The van der Waals surface area contributed by atoms with Crippen LogP contribution in [0, 0.1) is 0 Å². The summed E-state index contributed by atoms with van der Waals surface area (Å²) in [6.45, 7) is 3.21. The molecule has 5 heteroatoms.